The zero-order valence-corrected chi connectivity index (χ0v) is 18.5. The van der Waals surface area contributed by atoms with Crippen LogP contribution < -0.4 is 19.5 Å². The van der Waals surface area contributed by atoms with Crippen LogP contribution in [0.3, 0.4) is 0 Å². The summed E-state index contributed by atoms with van der Waals surface area (Å²) in [5, 5.41) is 6.85. The molecule has 8 heteroatoms. The molecule has 0 saturated carbocycles. The Morgan fingerprint density at radius 3 is 2.36 bits per heavy atom. The fourth-order valence-corrected chi connectivity index (χ4v) is 3.13. The van der Waals surface area contributed by atoms with Gasteiger partial charge in [0, 0.05) is 29.4 Å². The molecule has 8 nitrogen and oxygen atoms in total. The number of aromatic nitrogens is 2. The van der Waals surface area contributed by atoms with Crippen LogP contribution in [0.2, 0.25) is 0 Å². The highest BCUT2D eigenvalue weighted by atomic mass is 16.5. The number of carbonyl (C=O) groups excluding carboxylic acids is 1. The standard InChI is InChI=1S/C25H23N3O5/c1-16-8-10-17(11-9-16)24-27-23(33-28-24)15-32-22-7-5-4-6-21(22)25(29)26-18-12-19(30-2)14-20(13-18)31-3/h4-14H,15H2,1-3H3,(H,26,29). The molecule has 0 atom stereocenters. The maximum absolute atomic E-state index is 12.9. The predicted molar refractivity (Wildman–Crippen MR) is 123 cm³/mol. The number of ether oxygens (including phenoxy) is 3. The van der Waals surface area contributed by atoms with Crippen LogP contribution in [-0.4, -0.2) is 30.3 Å². The molecule has 0 fully saturated rings. The smallest absolute Gasteiger partial charge is 0.264 e. The number of nitrogens with one attached hydrogen (secondary N) is 1. The zero-order chi connectivity index (χ0) is 23.2. The summed E-state index contributed by atoms with van der Waals surface area (Å²) in [4.78, 5) is 17.3. The highest BCUT2D eigenvalue weighted by molar-refractivity contribution is 6.06. The van der Waals surface area contributed by atoms with E-state index in [1.165, 1.54) is 0 Å². The minimum absolute atomic E-state index is 0.0239. The van der Waals surface area contributed by atoms with Crippen LogP contribution in [0.1, 0.15) is 21.8 Å². The number of carbonyl (C=O) groups is 1. The number of amides is 1. The second-order valence-electron chi connectivity index (χ2n) is 7.22. The number of aryl methyl sites for hydroxylation is 1. The molecule has 0 spiro atoms. The highest BCUT2D eigenvalue weighted by Gasteiger charge is 2.15. The van der Waals surface area contributed by atoms with Crippen molar-refractivity contribution in [2.45, 2.75) is 13.5 Å². The van der Waals surface area contributed by atoms with Gasteiger partial charge in [-0.1, -0.05) is 47.1 Å². The van der Waals surface area contributed by atoms with Crippen molar-refractivity contribution in [2.24, 2.45) is 0 Å². The van der Waals surface area contributed by atoms with E-state index in [4.69, 9.17) is 18.7 Å². The third-order valence-corrected chi connectivity index (χ3v) is 4.87. The number of nitrogens with zero attached hydrogens (tertiary/aromatic N) is 2. The van der Waals surface area contributed by atoms with E-state index in [9.17, 15) is 4.79 Å². The molecule has 0 aliphatic heterocycles. The molecule has 0 bridgehead atoms. The summed E-state index contributed by atoms with van der Waals surface area (Å²) in [7, 11) is 3.09. The van der Waals surface area contributed by atoms with E-state index >= 15 is 0 Å². The third-order valence-electron chi connectivity index (χ3n) is 4.87. The molecule has 0 unspecified atom stereocenters. The molecule has 0 aliphatic rings. The van der Waals surface area contributed by atoms with E-state index in [-0.39, 0.29) is 12.5 Å². The van der Waals surface area contributed by atoms with Crippen molar-refractivity contribution >= 4 is 11.6 Å². The second-order valence-corrected chi connectivity index (χ2v) is 7.22. The Morgan fingerprint density at radius 1 is 0.970 bits per heavy atom. The molecular formula is C25H23N3O5. The van der Waals surface area contributed by atoms with E-state index in [0.717, 1.165) is 11.1 Å². The summed E-state index contributed by atoms with van der Waals surface area (Å²) in [6.45, 7) is 2.04. The molecule has 1 aromatic heterocycles. The number of hydrogen-bond acceptors (Lipinski definition) is 7. The lowest BCUT2D eigenvalue weighted by Gasteiger charge is -2.12. The predicted octanol–water partition coefficient (Wildman–Crippen LogP) is 4.89. The van der Waals surface area contributed by atoms with Crippen molar-refractivity contribution in [3.05, 3.63) is 83.7 Å². The van der Waals surface area contributed by atoms with Crippen LogP contribution in [0.4, 0.5) is 5.69 Å². The molecule has 0 saturated heterocycles. The Kier molecular flexibility index (Phi) is 6.54. The van der Waals surface area contributed by atoms with Crippen LogP contribution in [-0.2, 0) is 6.61 Å². The third kappa shape index (κ3) is 5.30. The van der Waals surface area contributed by atoms with Gasteiger partial charge in [-0.2, -0.15) is 4.98 Å². The molecule has 33 heavy (non-hydrogen) atoms. The molecule has 0 radical (unpaired) electrons. The summed E-state index contributed by atoms with van der Waals surface area (Å²) in [6, 6.07) is 19.9. The highest BCUT2D eigenvalue weighted by Crippen LogP contribution is 2.27. The maximum Gasteiger partial charge on any atom is 0.264 e. The Morgan fingerprint density at radius 2 is 1.67 bits per heavy atom. The minimum Gasteiger partial charge on any atom is -0.497 e. The van der Waals surface area contributed by atoms with E-state index < -0.39 is 0 Å². The summed E-state index contributed by atoms with van der Waals surface area (Å²) in [5.74, 6) is 1.96. The van der Waals surface area contributed by atoms with Gasteiger partial charge in [-0.25, -0.2) is 0 Å². The number of anilines is 1. The van der Waals surface area contributed by atoms with Gasteiger partial charge in [0.05, 0.1) is 19.8 Å². The summed E-state index contributed by atoms with van der Waals surface area (Å²) in [6.07, 6.45) is 0. The molecule has 4 aromatic rings. The number of benzene rings is 3. The Balaban J connectivity index is 1.47. The molecule has 1 N–H and O–H groups in total. The van der Waals surface area contributed by atoms with Crippen LogP contribution in [0, 0.1) is 6.92 Å². The minimum atomic E-state index is -0.341. The maximum atomic E-state index is 12.9. The zero-order valence-electron chi connectivity index (χ0n) is 18.5. The van der Waals surface area contributed by atoms with Gasteiger partial charge in [0.25, 0.3) is 11.8 Å². The van der Waals surface area contributed by atoms with Crippen LogP contribution in [0.25, 0.3) is 11.4 Å². The van der Waals surface area contributed by atoms with Crippen molar-refractivity contribution in [3.63, 3.8) is 0 Å². The van der Waals surface area contributed by atoms with E-state index in [1.54, 1.807) is 56.7 Å². The van der Waals surface area contributed by atoms with Gasteiger partial charge in [0.1, 0.15) is 17.2 Å². The van der Waals surface area contributed by atoms with Crippen molar-refractivity contribution in [2.75, 3.05) is 19.5 Å². The van der Waals surface area contributed by atoms with E-state index in [1.807, 2.05) is 31.2 Å². The van der Waals surface area contributed by atoms with Crippen molar-refractivity contribution in [1.29, 1.82) is 0 Å². The normalized spacial score (nSPS) is 10.5. The molecule has 168 valence electrons. The lowest BCUT2D eigenvalue weighted by molar-refractivity contribution is 0.102. The molecule has 1 amide bonds. The quantitative estimate of drug-likeness (QED) is 0.412. The fraction of sp³-hybridized carbons (Fsp3) is 0.160. The lowest BCUT2D eigenvalue weighted by atomic mass is 10.1. The summed E-state index contributed by atoms with van der Waals surface area (Å²) < 4.78 is 21.7. The topological polar surface area (TPSA) is 95.7 Å². The molecular weight excluding hydrogens is 422 g/mol. The van der Waals surface area contributed by atoms with E-state index in [0.29, 0.717) is 40.2 Å². The number of methoxy groups -OCH3 is 2. The van der Waals surface area contributed by atoms with Crippen molar-refractivity contribution in [1.82, 2.24) is 10.1 Å². The first kappa shape index (κ1) is 21.9. The van der Waals surface area contributed by atoms with Gasteiger partial charge in [0.15, 0.2) is 6.61 Å². The molecule has 1 heterocycles. The summed E-state index contributed by atoms with van der Waals surface area (Å²) >= 11 is 0. The van der Waals surface area contributed by atoms with Gasteiger partial charge in [0.2, 0.25) is 5.82 Å². The second kappa shape index (κ2) is 9.86. The number of para-hydroxylation sites is 1. The monoisotopic (exact) mass is 445 g/mol. The van der Waals surface area contributed by atoms with Crippen LogP contribution in [0.5, 0.6) is 17.2 Å². The van der Waals surface area contributed by atoms with Crippen LogP contribution in [0.15, 0.2) is 71.3 Å². The first-order chi connectivity index (χ1) is 16.1. The Labute approximate surface area is 191 Å². The van der Waals surface area contributed by atoms with Gasteiger partial charge in [-0.15, -0.1) is 0 Å². The van der Waals surface area contributed by atoms with Gasteiger partial charge in [-0.3, -0.25) is 4.79 Å². The lowest BCUT2D eigenvalue weighted by Crippen LogP contribution is -2.14. The first-order valence-electron chi connectivity index (χ1n) is 10.2. The van der Waals surface area contributed by atoms with E-state index in [2.05, 4.69) is 15.5 Å². The van der Waals surface area contributed by atoms with Crippen molar-refractivity contribution in [3.8, 4) is 28.6 Å². The first-order valence-corrected chi connectivity index (χ1v) is 10.2. The molecule has 3 aromatic carbocycles. The van der Waals surface area contributed by atoms with Gasteiger partial charge in [-0.05, 0) is 19.1 Å². The largest absolute Gasteiger partial charge is 0.497 e. The Bertz CT molecular complexity index is 1230. The molecule has 0 aliphatic carbocycles. The summed E-state index contributed by atoms with van der Waals surface area (Å²) in [5.41, 5.74) is 2.89. The van der Waals surface area contributed by atoms with Gasteiger partial charge >= 0.3 is 0 Å². The molecule has 4 rings (SSSR count). The number of rotatable bonds is 8. The van der Waals surface area contributed by atoms with Crippen LogP contribution >= 0.6 is 0 Å². The average Bonchev–Trinajstić information content (AvgIpc) is 3.32. The Hall–Kier alpha value is -4.33. The SMILES string of the molecule is COc1cc(NC(=O)c2ccccc2OCc2nc(-c3ccc(C)cc3)no2)cc(OC)c1. The number of hydrogen-bond donors (Lipinski definition) is 1. The average molecular weight is 445 g/mol. The van der Waals surface area contributed by atoms with Gasteiger partial charge < -0.3 is 24.1 Å². The fourth-order valence-electron chi connectivity index (χ4n) is 3.13. The van der Waals surface area contributed by atoms with Crippen molar-refractivity contribution < 1.29 is 23.5 Å².